The number of para-hydroxylation sites is 2. The molecule has 0 saturated carbocycles. The number of piperazine rings is 1. The summed E-state index contributed by atoms with van der Waals surface area (Å²) in [6, 6.07) is 13.6. The molecular formula is C21H21FN4O3. The fraction of sp³-hybridized carbons (Fsp3) is 0.238. The van der Waals surface area contributed by atoms with Crippen LogP contribution >= 0.6 is 0 Å². The SMILES string of the molecule is COc1ccccc1N1CCN(C(=O)c2c(-c3cccc(F)c3)noc2N)CC1. The third-order valence-electron chi connectivity index (χ3n) is 5.02. The summed E-state index contributed by atoms with van der Waals surface area (Å²) in [6.07, 6.45) is 0. The molecule has 3 aromatic rings. The number of aromatic nitrogens is 1. The standard InChI is InChI=1S/C21H21FN4O3/c1-28-17-8-3-2-7-16(17)25-9-11-26(12-10-25)21(27)18-19(24-29-20(18)23)14-5-4-6-15(22)13-14/h2-8,13H,9-12,23H2,1H3. The quantitative estimate of drug-likeness (QED) is 0.730. The molecule has 4 rings (SSSR count). The summed E-state index contributed by atoms with van der Waals surface area (Å²) < 4.78 is 24.1. The van der Waals surface area contributed by atoms with Crippen LogP contribution < -0.4 is 15.4 Å². The Kier molecular flexibility index (Phi) is 5.07. The Hall–Kier alpha value is -3.55. The molecule has 1 saturated heterocycles. The number of benzene rings is 2. The zero-order valence-corrected chi connectivity index (χ0v) is 16.0. The van der Waals surface area contributed by atoms with Gasteiger partial charge in [0.05, 0.1) is 12.8 Å². The van der Waals surface area contributed by atoms with Crippen LogP contribution in [0, 0.1) is 5.82 Å². The molecule has 0 radical (unpaired) electrons. The Morgan fingerprint density at radius 2 is 1.90 bits per heavy atom. The van der Waals surface area contributed by atoms with E-state index in [-0.39, 0.29) is 23.0 Å². The second-order valence-electron chi connectivity index (χ2n) is 6.73. The summed E-state index contributed by atoms with van der Waals surface area (Å²) in [5.74, 6) is 0.0287. The third-order valence-corrected chi connectivity index (χ3v) is 5.02. The van der Waals surface area contributed by atoms with Gasteiger partial charge in [0, 0.05) is 31.7 Å². The Bertz CT molecular complexity index is 1030. The number of ether oxygens (including phenoxy) is 1. The average molecular weight is 396 g/mol. The largest absolute Gasteiger partial charge is 0.495 e. The van der Waals surface area contributed by atoms with Crippen molar-refractivity contribution in [2.45, 2.75) is 0 Å². The molecule has 7 nitrogen and oxygen atoms in total. The first-order chi connectivity index (χ1) is 14.1. The first kappa shape index (κ1) is 18.8. The van der Waals surface area contributed by atoms with Crippen LogP contribution in [-0.4, -0.2) is 49.3 Å². The molecule has 1 amide bonds. The van der Waals surface area contributed by atoms with Gasteiger partial charge in [-0.1, -0.05) is 29.4 Å². The molecule has 1 aliphatic rings. The van der Waals surface area contributed by atoms with Gasteiger partial charge < -0.3 is 24.8 Å². The van der Waals surface area contributed by atoms with Crippen molar-refractivity contribution in [3.8, 4) is 17.0 Å². The van der Waals surface area contributed by atoms with E-state index in [0.717, 1.165) is 11.4 Å². The maximum Gasteiger partial charge on any atom is 0.261 e. The minimum atomic E-state index is -0.423. The van der Waals surface area contributed by atoms with Gasteiger partial charge in [-0.15, -0.1) is 0 Å². The number of hydrogen-bond donors (Lipinski definition) is 1. The number of anilines is 2. The van der Waals surface area contributed by atoms with Crippen LogP contribution in [0.1, 0.15) is 10.4 Å². The Morgan fingerprint density at radius 1 is 1.14 bits per heavy atom. The lowest BCUT2D eigenvalue weighted by molar-refractivity contribution is 0.0748. The van der Waals surface area contributed by atoms with Crippen LogP contribution in [0.25, 0.3) is 11.3 Å². The second kappa shape index (κ2) is 7.83. The molecule has 0 aliphatic carbocycles. The summed E-state index contributed by atoms with van der Waals surface area (Å²) in [5, 5.41) is 3.89. The zero-order valence-electron chi connectivity index (χ0n) is 16.0. The van der Waals surface area contributed by atoms with Crippen LogP contribution in [0.2, 0.25) is 0 Å². The molecule has 8 heteroatoms. The molecular weight excluding hydrogens is 375 g/mol. The maximum absolute atomic E-state index is 13.6. The zero-order chi connectivity index (χ0) is 20.4. The van der Waals surface area contributed by atoms with E-state index in [0.29, 0.717) is 31.7 Å². The number of methoxy groups -OCH3 is 1. The topological polar surface area (TPSA) is 84.8 Å². The van der Waals surface area contributed by atoms with Crippen molar-refractivity contribution in [2.24, 2.45) is 0 Å². The van der Waals surface area contributed by atoms with Gasteiger partial charge in [-0.3, -0.25) is 4.79 Å². The molecule has 2 heterocycles. The fourth-order valence-electron chi connectivity index (χ4n) is 3.54. The number of nitrogens with two attached hydrogens (primary N) is 1. The van der Waals surface area contributed by atoms with Gasteiger partial charge in [0.15, 0.2) is 0 Å². The highest BCUT2D eigenvalue weighted by molar-refractivity contribution is 6.03. The van der Waals surface area contributed by atoms with Crippen molar-refractivity contribution in [3.63, 3.8) is 0 Å². The monoisotopic (exact) mass is 396 g/mol. The molecule has 1 fully saturated rings. The van der Waals surface area contributed by atoms with Crippen molar-refractivity contribution in [1.82, 2.24) is 10.1 Å². The maximum atomic E-state index is 13.6. The minimum Gasteiger partial charge on any atom is -0.495 e. The molecule has 1 aromatic heterocycles. The molecule has 0 atom stereocenters. The summed E-state index contributed by atoms with van der Waals surface area (Å²) in [6.45, 7) is 2.30. The van der Waals surface area contributed by atoms with E-state index < -0.39 is 5.82 Å². The highest BCUT2D eigenvalue weighted by atomic mass is 19.1. The summed E-state index contributed by atoms with van der Waals surface area (Å²) in [7, 11) is 1.64. The van der Waals surface area contributed by atoms with E-state index in [4.69, 9.17) is 15.0 Å². The molecule has 1 aliphatic heterocycles. The molecule has 29 heavy (non-hydrogen) atoms. The average Bonchev–Trinajstić information content (AvgIpc) is 3.14. The summed E-state index contributed by atoms with van der Waals surface area (Å²) in [4.78, 5) is 17.0. The minimum absolute atomic E-state index is 0.0681. The number of nitrogen functional groups attached to an aromatic ring is 1. The van der Waals surface area contributed by atoms with Gasteiger partial charge in [0.2, 0.25) is 5.88 Å². The van der Waals surface area contributed by atoms with Crippen LogP contribution in [0.4, 0.5) is 16.0 Å². The van der Waals surface area contributed by atoms with Crippen LogP contribution in [0.5, 0.6) is 5.75 Å². The Balaban J connectivity index is 1.53. The smallest absolute Gasteiger partial charge is 0.261 e. The predicted octanol–water partition coefficient (Wildman–Crippen LogP) is 3.03. The third kappa shape index (κ3) is 3.61. The molecule has 0 bridgehead atoms. The normalized spacial score (nSPS) is 14.1. The Morgan fingerprint density at radius 3 is 2.62 bits per heavy atom. The van der Waals surface area contributed by atoms with E-state index in [2.05, 4.69) is 10.1 Å². The fourth-order valence-corrected chi connectivity index (χ4v) is 3.54. The lowest BCUT2D eigenvalue weighted by atomic mass is 10.1. The lowest BCUT2D eigenvalue weighted by Crippen LogP contribution is -2.49. The number of amides is 1. The first-order valence-electron chi connectivity index (χ1n) is 9.27. The van der Waals surface area contributed by atoms with E-state index >= 15 is 0 Å². The number of nitrogens with zero attached hydrogens (tertiary/aromatic N) is 3. The van der Waals surface area contributed by atoms with Crippen molar-refractivity contribution in [1.29, 1.82) is 0 Å². The predicted molar refractivity (Wildman–Crippen MR) is 107 cm³/mol. The first-order valence-corrected chi connectivity index (χ1v) is 9.27. The highest BCUT2D eigenvalue weighted by Crippen LogP contribution is 2.31. The van der Waals surface area contributed by atoms with Gasteiger partial charge in [0.1, 0.15) is 22.8 Å². The highest BCUT2D eigenvalue weighted by Gasteiger charge is 2.30. The van der Waals surface area contributed by atoms with Gasteiger partial charge in [-0.25, -0.2) is 4.39 Å². The van der Waals surface area contributed by atoms with Crippen LogP contribution in [-0.2, 0) is 0 Å². The van der Waals surface area contributed by atoms with Crippen molar-refractivity contribution >= 4 is 17.5 Å². The van der Waals surface area contributed by atoms with Crippen LogP contribution in [0.15, 0.2) is 53.1 Å². The van der Waals surface area contributed by atoms with Crippen LogP contribution in [0.3, 0.4) is 0 Å². The number of carbonyl (C=O) groups is 1. The van der Waals surface area contributed by atoms with Crippen molar-refractivity contribution in [2.75, 3.05) is 43.9 Å². The molecule has 2 aromatic carbocycles. The van der Waals surface area contributed by atoms with Gasteiger partial charge in [-0.05, 0) is 24.3 Å². The summed E-state index contributed by atoms with van der Waals surface area (Å²) in [5.41, 5.74) is 7.74. The molecule has 0 spiro atoms. The number of carbonyl (C=O) groups excluding carboxylic acids is 1. The number of hydrogen-bond acceptors (Lipinski definition) is 6. The van der Waals surface area contributed by atoms with Gasteiger partial charge in [-0.2, -0.15) is 0 Å². The summed E-state index contributed by atoms with van der Waals surface area (Å²) >= 11 is 0. The van der Waals surface area contributed by atoms with E-state index in [1.807, 2.05) is 24.3 Å². The molecule has 2 N–H and O–H groups in total. The van der Waals surface area contributed by atoms with Gasteiger partial charge >= 0.3 is 0 Å². The molecule has 0 unspecified atom stereocenters. The van der Waals surface area contributed by atoms with E-state index in [1.165, 1.54) is 12.1 Å². The van der Waals surface area contributed by atoms with Gasteiger partial charge in [0.25, 0.3) is 5.91 Å². The Labute approximate surface area is 167 Å². The van der Waals surface area contributed by atoms with Crippen molar-refractivity contribution < 1.29 is 18.4 Å². The second-order valence-corrected chi connectivity index (χ2v) is 6.73. The number of halogens is 1. The van der Waals surface area contributed by atoms with Crippen molar-refractivity contribution in [3.05, 3.63) is 59.9 Å². The molecule has 150 valence electrons. The number of rotatable bonds is 4. The lowest BCUT2D eigenvalue weighted by Gasteiger charge is -2.36. The van der Waals surface area contributed by atoms with E-state index in [1.54, 1.807) is 24.1 Å². The van der Waals surface area contributed by atoms with E-state index in [9.17, 15) is 9.18 Å².